The van der Waals surface area contributed by atoms with E-state index in [1.165, 1.54) is 0 Å². The van der Waals surface area contributed by atoms with E-state index >= 15 is 0 Å². The Bertz CT molecular complexity index is 342. The number of benzene rings is 1. The molecular formula is C12H17ClN2O. The van der Waals surface area contributed by atoms with Crippen LogP contribution in [0.3, 0.4) is 0 Å². The van der Waals surface area contributed by atoms with E-state index in [0.717, 1.165) is 25.2 Å². The molecule has 0 saturated carbocycles. The Morgan fingerprint density at radius 2 is 2.06 bits per heavy atom. The molecule has 2 rings (SSSR count). The maximum absolute atomic E-state index is 12.0. The molecular weight excluding hydrogens is 224 g/mol. The quantitative estimate of drug-likeness (QED) is 0.808. The van der Waals surface area contributed by atoms with Crippen LogP contribution in [-0.4, -0.2) is 36.5 Å². The van der Waals surface area contributed by atoms with Crippen molar-refractivity contribution < 1.29 is 4.79 Å². The van der Waals surface area contributed by atoms with E-state index in [2.05, 4.69) is 12.2 Å². The lowest BCUT2D eigenvalue weighted by atomic mass is 10.1. The first-order chi connectivity index (χ1) is 7.27. The molecule has 1 heterocycles. The molecule has 1 aliphatic rings. The predicted octanol–water partition coefficient (Wildman–Crippen LogP) is 1.54. The van der Waals surface area contributed by atoms with Gasteiger partial charge in [0.2, 0.25) is 0 Å². The van der Waals surface area contributed by atoms with E-state index in [1.807, 2.05) is 35.2 Å². The molecule has 1 atom stereocenters. The Labute approximate surface area is 102 Å². The third kappa shape index (κ3) is 2.97. The molecule has 88 valence electrons. The van der Waals surface area contributed by atoms with Crippen LogP contribution in [0.25, 0.3) is 0 Å². The second-order valence-corrected chi connectivity index (χ2v) is 3.97. The Morgan fingerprint density at radius 1 is 1.38 bits per heavy atom. The first kappa shape index (κ1) is 13.0. The molecule has 1 unspecified atom stereocenters. The molecule has 0 bridgehead atoms. The first-order valence-corrected chi connectivity index (χ1v) is 5.35. The Hall–Kier alpha value is -1.06. The van der Waals surface area contributed by atoms with E-state index in [0.29, 0.717) is 6.04 Å². The number of amides is 1. The highest BCUT2D eigenvalue weighted by molar-refractivity contribution is 5.94. The molecule has 0 radical (unpaired) electrons. The highest BCUT2D eigenvalue weighted by Gasteiger charge is 2.20. The van der Waals surface area contributed by atoms with Crippen LogP contribution >= 0.6 is 12.4 Å². The summed E-state index contributed by atoms with van der Waals surface area (Å²) < 4.78 is 0. The second kappa shape index (κ2) is 5.87. The summed E-state index contributed by atoms with van der Waals surface area (Å²) in [5.74, 6) is 0.143. The van der Waals surface area contributed by atoms with Crippen molar-refractivity contribution in [3.8, 4) is 0 Å². The van der Waals surface area contributed by atoms with Crippen LogP contribution in [0.15, 0.2) is 30.3 Å². The number of rotatable bonds is 1. The summed E-state index contributed by atoms with van der Waals surface area (Å²) in [6.45, 7) is 4.59. The maximum Gasteiger partial charge on any atom is 0.253 e. The van der Waals surface area contributed by atoms with Gasteiger partial charge in [0.15, 0.2) is 0 Å². The summed E-state index contributed by atoms with van der Waals surface area (Å²) in [7, 11) is 0. The fourth-order valence-corrected chi connectivity index (χ4v) is 1.88. The smallest absolute Gasteiger partial charge is 0.253 e. The number of hydrogen-bond donors (Lipinski definition) is 1. The molecule has 1 aromatic rings. The van der Waals surface area contributed by atoms with Crippen molar-refractivity contribution >= 4 is 18.3 Å². The van der Waals surface area contributed by atoms with Crippen LogP contribution in [0.5, 0.6) is 0 Å². The topological polar surface area (TPSA) is 32.3 Å². The van der Waals surface area contributed by atoms with E-state index in [1.54, 1.807) is 0 Å². The number of carbonyl (C=O) groups excluding carboxylic acids is 1. The summed E-state index contributed by atoms with van der Waals surface area (Å²) >= 11 is 0. The van der Waals surface area contributed by atoms with E-state index in [9.17, 15) is 4.79 Å². The zero-order valence-electron chi connectivity index (χ0n) is 9.35. The summed E-state index contributed by atoms with van der Waals surface area (Å²) in [6.07, 6.45) is 0. The number of hydrogen-bond acceptors (Lipinski definition) is 2. The highest BCUT2D eigenvalue weighted by Crippen LogP contribution is 2.07. The average Bonchev–Trinajstić information content (AvgIpc) is 2.29. The summed E-state index contributed by atoms with van der Waals surface area (Å²) in [5, 5.41) is 3.32. The van der Waals surface area contributed by atoms with Gasteiger partial charge in [0, 0.05) is 31.2 Å². The summed E-state index contributed by atoms with van der Waals surface area (Å²) in [4.78, 5) is 14.0. The van der Waals surface area contributed by atoms with Gasteiger partial charge in [-0.05, 0) is 19.1 Å². The van der Waals surface area contributed by atoms with E-state index in [-0.39, 0.29) is 18.3 Å². The first-order valence-electron chi connectivity index (χ1n) is 5.35. The van der Waals surface area contributed by atoms with Gasteiger partial charge in [0.1, 0.15) is 0 Å². The lowest BCUT2D eigenvalue weighted by Gasteiger charge is -2.31. The van der Waals surface area contributed by atoms with Crippen LogP contribution in [0.2, 0.25) is 0 Å². The monoisotopic (exact) mass is 240 g/mol. The fraction of sp³-hybridized carbons (Fsp3) is 0.417. The highest BCUT2D eigenvalue weighted by atomic mass is 35.5. The van der Waals surface area contributed by atoms with Gasteiger partial charge in [-0.2, -0.15) is 0 Å². The molecule has 1 aliphatic heterocycles. The molecule has 1 amide bonds. The van der Waals surface area contributed by atoms with E-state index < -0.39 is 0 Å². The molecule has 3 nitrogen and oxygen atoms in total. The van der Waals surface area contributed by atoms with Gasteiger partial charge in [-0.1, -0.05) is 18.2 Å². The third-order valence-electron chi connectivity index (χ3n) is 2.68. The lowest BCUT2D eigenvalue weighted by molar-refractivity contribution is 0.0709. The molecule has 0 aliphatic carbocycles. The standard InChI is InChI=1S/C12H16N2O.ClH/c1-10-9-14(8-7-13-10)12(15)11-5-3-2-4-6-11;/h2-6,10,13H,7-9H2,1H3;1H. The molecule has 1 N–H and O–H groups in total. The van der Waals surface area contributed by atoms with Gasteiger partial charge in [-0.15, -0.1) is 12.4 Å². The van der Waals surface area contributed by atoms with Crippen molar-refractivity contribution in [3.05, 3.63) is 35.9 Å². The van der Waals surface area contributed by atoms with Crippen molar-refractivity contribution in [2.24, 2.45) is 0 Å². The predicted molar refractivity (Wildman–Crippen MR) is 67.1 cm³/mol. The average molecular weight is 241 g/mol. The van der Waals surface area contributed by atoms with Crippen LogP contribution in [0.1, 0.15) is 17.3 Å². The van der Waals surface area contributed by atoms with Crippen molar-refractivity contribution in [3.63, 3.8) is 0 Å². The van der Waals surface area contributed by atoms with Crippen LogP contribution in [0.4, 0.5) is 0 Å². The van der Waals surface area contributed by atoms with Crippen molar-refractivity contribution in [2.75, 3.05) is 19.6 Å². The molecule has 0 spiro atoms. The van der Waals surface area contributed by atoms with Gasteiger partial charge in [-0.25, -0.2) is 0 Å². The van der Waals surface area contributed by atoms with Crippen molar-refractivity contribution in [1.29, 1.82) is 0 Å². The number of nitrogens with zero attached hydrogens (tertiary/aromatic N) is 1. The number of carbonyl (C=O) groups is 1. The minimum absolute atomic E-state index is 0. The summed E-state index contributed by atoms with van der Waals surface area (Å²) in [6, 6.07) is 9.87. The number of nitrogens with one attached hydrogen (secondary N) is 1. The third-order valence-corrected chi connectivity index (χ3v) is 2.68. The van der Waals surface area contributed by atoms with Crippen LogP contribution < -0.4 is 5.32 Å². The van der Waals surface area contributed by atoms with Gasteiger partial charge in [0.25, 0.3) is 5.91 Å². The lowest BCUT2D eigenvalue weighted by Crippen LogP contribution is -2.51. The van der Waals surface area contributed by atoms with Crippen molar-refractivity contribution in [2.45, 2.75) is 13.0 Å². The minimum Gasteiger partial charge on any atom is -0.336 e. The second-order valence-electron chi connectivity index (χ2n) is 3.97. The molecule has 0 aromatic heterocycles. The normalized spacial score (nSPS) is 20.1. The molecule has 1 fully saturated rings. The van der Waals surface area contributed by atoms with Gasteiger partial charge in [-0.3, -0.25) is 4.79 Å². The molecule has 1 aromatic carbocycles. The molecule has 4 heteroatoms. The maximum atomic E-state index is 12.0. The Balaban J connectivity index is 0.00000128. The van der Waals surface area contributed by atoms with Gasteiger partial charge in [0.05, 0.1) is 0 Å². The van der Waals surface area contributed by atoms with Gasteiger partial charge < -0.3 is 10.2 Å². The molecule has 16 heavy (non-hydrogen) atoms. The summed E-state index contributed by atoms with van der Waals surface area (Å²) in [5.41, 5.74) is 0.784. The Kier molecular flexibility index (Phi) is 4.77. The van der Waals surface area contributed by atoms with Crippen LogP contribution in [0, 0.1) is 0 Å². The Morgan fingerprint density at radius 3 is 2.69 bits per heavy atom. The van der Waals surface area contributed by atoms with E-state index in [4.69, 9.17) is 0 Å². The zero-order chi connectivity index (χ0) is 10.7. The molecule has 1 saturated heterocycles. The van der Waals surface area contributed by atoms with Gasteiger partial charge >= 0.3 is 0 Å². The van der Waals surface area contributed by atoms with Crippen molar-refractivity contribution in [1.82, 2.24) is 10.2 Å². The number of piperazine rings is 1. The van der Waals surface area contributed by atoms with Crippen LogP contribution in [-0.2, 0) is 0 Å². The SMILES string of the molecule is CC1CN(C(=O)c2ccccc2)CCN1.Cl. The zero-order valence-corrected chi connectivity index (χ0v) is 10.2. The number of halogens is 1. The minimum atomic E-state index is 0. The fourth-order valence-electron chi connectivity index (χ4n) is 1.88. The largest absolute Gasteiger partial charge is 0.336 e.